The van der Waals surface area contributed by atoms with Gasteiger partial charge >= 0.3 is 6.18 Å². The van der Waals surface area contributed by atoms with E-state index in [-0.39, 0.29) is 23.8 Å². The van der Waals surface area contributed by atoms with Gasteiger partial charge in [-0.15, -0.1) is 0 Å². The number of carbonyl (C=O) groups is 1. The number of carbonyl (C=O) groups excluding carboxylic acids is 1. The smallest absolute Gasteiger partial charge is 0.360 e. The molecule has 1 aromatic heterocycles. The lowest BCUT2D eigenvalue weighted by Gasteiger charge is -2.16. The summed E-state index contributed by atoms with van der Waals surface area (Å²) in [6, 6.07) is 3.47. The van der Waals surface area contributed by atoms with Gasteiger partial charge in [0.05, 0.1) is 12.1 Å². The number of halogens is 3. The number of amides is 1. The summed E-state index contributed by atoms with van der Waals surface area (Å²) in [5.41, 5.74) is -1.17. The first-order chi connectivity index (χ1) is 9.29. The van der Waals surface area contributed by atoms with E-state index in [0.29, 0.717) is 6.54 Å². The molecule has 0 aromatic carbocycles. The number of nitriles is 1. The Hall–Kier alpha value is -2.30. The molecule has 0 unspecified atom stereocenters. The van der Waals surface area contributed by atoms with Gasteiger partial charge in [0.15, 0.2) is 0 Å². The Labute approximate surface area is 114 Å². The fourth-order valence-electron chi connectivity index (χ4n) is 1.31. The average molecular weight is 286 g/mol. The lowest BCUT2D eigenvalue weighted by atomic mass is 10.2. The van der Waals surface area contributed by atoms with Crippen molar-refractivity contribution >= 4 is 11.7 Å². The summed E-state index contributed by atoms with van der Waals surface area (Å²) in [5.74, 6) is -0.559. The van der Waals surface area contributed by atoms with Crippen LogP contribution in [0.1, 0.15) is 18.2 Å². The summed E-state index contributed by atoms with van der Waals surface area (Å²) in [7, 11) is 1.56. The van der Waals surface area contributed by atoms with Crippen LogP contribution < -0.4 is 5.32 Å². The maximum atomic E-state index is 12.5. The van der Waals surface area contributed by atoms with Gasteiger partial charge in [0, 0.05) is 13.6 Å². The first-order valence-electron chi connectivity index (χ1n) is 5.75. The number of hydrogen-bond donors (Lipinski definition) is 1. The van der Waals surface area contributed by atoms with Crippen molar-refractivity contribution in [3.8, 4) is 6.07 Å². The largest absolute Gasteiger partial charge is 0.433 e. The van der Waals surface area contributed by atoms with E-state index in [1.165, 1.54) is 4.90 Å². The average Bonchev–Trinajstić information content (AvgIpc) is 2.42. The van der Waals surface area contributed by atoms with Crippen molar-refractivity contribution in [2.24, 2.45) is 0 Å². The van der Waals surface area contributed by atoms with Crippen LogP contribution >= 0.6 is 0 Å². The number of nitrogens with zero attached hydrogens (tertiary/aromatic N) is 3. The lowest BCUT2D eigenvalue weighted by Crippen LogP contribution is -2.32. The van der Waals surface area contributed by atoms with Crippen LogP contribution in [0.15, 0.2) is 12.1 Å². The molecule has 0 atom stereocenters. The molecule has 20 heavy (non-hydrogen) atoms. The Bertz CT molecular complexity index is 536. The predicted molar refractivity (Wildman–Crippen MR) is 65.8 cm³/mol. The first-order valence-corrected chi connectivity index (χ1v) is 5.75. The van der Waals surface area contributed by atoms with Crippen LogP contribution in [0.2, 0.25) is 0 Å². The zero-order chi connectivity index (χ0) is 15.3. The minimum absolute atomic E-state index is 0.0510. The van der Waals surface area contributed by atoms with Crippen LogP contribution in [-0.4, -0.2) is 35.9 Å². The van der Waals surface area contributed by atoms with E-state index in [1.54, 1.807) is 20.0 Å². The Morgan fingerprint density at radius 1 is 1.50 bits per heavy atom. The molecule has 0 aliphatic heterocycles. The Kier molecular flexibility index (Phi) is 4.91. The van der Waals surface area contributed by atoms with Gasteiger partial charge in [-0.3, -0.25) is 4.79 Å². The molecule has 1 aromatic rings. The van der Waals surface area contributed by atoms with Crippen molar-refractivity contribution < 1.29 is 18.0 Å². The molecule has 1 heterocycles. The van der Waals surface area contributed by atoms with E-state index in [9.17, 15) is 18.0 Å². The monoisotopic (exact) mass is 286 g/mol. The van der Waals surface area contributed by atoms with Gasteiger partial charge in [0.1, 0.15) is 17.6 Å². The van der Waals surface area contributed by atoms with Crippen LogP contribution in [0.5, 0.6) is 0 Å². The predicted octanol–water partition coefficient (Wildman–Crippen LogP) is 1.86. The summed E-state index contributed by atoms with van der Waals surface area (Å²) in [4.78, 5) is 16.3. The van der Waals surface area contributed by atoms with Crippen molar-refractivity contribution in [2.75, 3.05) is 25.5 Å². The summed E-state index contributed by atoms with van der Waals surface area (Å²) < 4.78 is 37.6. The van der Waals surface area contributed by atoms with Gasteiger partial charge in [-0.25, -0.2) is 4.98 Å². The van der Waals surface area contributed by atoms with Gasteiger partial charge in [0.25, 0.3) is 0 Å². The van der Waals surface area contributed by atoms with Crippen LogP contribution in [-0.2, 0) is 11.0 Å². The zero-order valence-electron chi connectivity index (χ0n) is 11.0. The number of rotatable bonds is 4. The molecule has 0 saturated heterocycles. The number of aromatic nitrogens is 1. The number of alkyl halides is 3. The normalized spacial score (nSPS) is 10.8. The molecule has 5 nitrogen and oxygen atoms in total. The zero-order valence-corrected chi connectivity index (χ0v) is 11.0. The maximum Gasteiger partial charge on any atom is 0.433 e. The molecule has 8 heteroatoms. The number of likely N-dealkylation sites (N-methyl/N-ethyl adjacent to an activating group) is 1. The molecule has 1 amide bonds. The molecule has 108 valence electrons. The molecule has 0 saturated carbocycles. The standard InChI is InChI=1S/C12H13F3N4O/c1-3-19(2)10(20)7-17-11-8(6-16)4-5-9(18-11)12(13,14)15/h4-5H,3,7H2,1-2H3,(H,17,18). The number of hydrogen-bond acceptors (Lipinski definition) is 4. The van der Waals surface area contributed by atoms with E-state index in [2.05, 4.69) is 10.3 Å². The molecular weight excluding hydrogens is 273 g/mol. The summed E-state index contributed by atoms with van der Waals surface area (Å²) in [5, 5.41) is 11.3. The van der Waals surface area contributed by atoms with E-state index in [0.717, 1.165) is 12.1 Å². The molecule has 1 N–H and O–H groups in total. The SMILES string of the molecule is CCN(C)C(=O)CNc1nc(C(F)(F)F)ccc1C#N. The molecule has 0 fully saturated rings. The van der Waals surface area contributed by atoms with E-state index in [1.807, 2.05) is 0 Å². The van der Waals surface area contributed by atoms with E-state index in [4.69, 9.17) is 5.26 Å². The minimum atomic E-state index is -4.60. The van der Waals surface area contributed by atoms with Crippen LogP contribution in [0.4, 0.5) is 19.0 Å². The molecule has 0 bridgehead atoms. The van der Waals surface area contributed by atoms with Crippen LogP contribution in [0.3, 0.4) is 0 Å². The lowest BCUT2D eigenvalue weighted by molar-refractivity contribution is -0.141. The van der Waals surface area contributed by atoms with Gasteiger partial charge in [-0.1, -0.05) is 0 Å². The second kappa shape index (κ2) is 6.23. The molecule has 0 aliphatic carbocycles. The molecule has 1 rings (SSSR count). The van der Waals surface area contributed by atoms with Crippen molar-refractivity contribution in [1.29, 1.82) is 5.26 Å². The quantitative estimate of drug-likeness (QED) is 0.917. The van der Waals surface area contributed by atoms with E-state index < -0.39 is 11.9 Å². The van der Waals surface area contributed by atoms with Gasteiger partial charge in [0.2, 0.25) is 5.91 Å². The van der Waals surface area contributed by atoms with Crippen LogP contribution in [0, 0.1) is 11.3 Å². The molecule has 0 spiro atoms. The van der Waals surface area contributed by atoms with Crippen molar-refractivity contribution in [2.45, 2.75) is 13.1 Å². The summed E-state index contributed by atoms with van der Waals surface area (Å²) in [6.45, 7) is 2.01. The summed E-state index contributed by atoms with van der Waals surface area (Å²) in [6.07, 6.45) is -4.60. The highest BCUT2D eigenvalue weighted by atomic mass is 19.4. The third-order valence-corrected chi connectivity index (χ3v) is 2.61. The van der Waals surface area contributed by atoms with Crippen LogP contribution in [0.25, 0.3) is 0 Å². The molecule has 0 aliphatic rings. The fourth-order valence-corrected chi connectivity index (χ4v) is 1.31. The van der Waals surface area contributed by atoms with Gasteiger partial charge in [-0.05, 0) is 19.1 Å². The summed E-state index contributed by atoms with van der Waals surface area (Å²) >= 11 is 0. The first kappa shape index (κ1) is 15.8. The van der Waals surface area contributed by atoms with Gasteiger partial charge < -0.3 is 10.2 Å². The third kappa shape index (κ3) is 3.85. The Morgan fingerprint density at radius 3 is 2.65 bits per heavy atom. The number of anilines is 1. The number of nitrogens with one attached hydrogen (secondary N) is 1. The topological polar surface area (TPSA) is 69.0 Å². The Balaban J connectivity index is 2.93. The highest BCUT2D eigenvalue weighted by Crippen LogP contribution is 2.29. The third-order valence-electron chi connectivity index (χ3n) is 2.61. The second-order valence-corrected chi connectivity index (χ2v) is 3.96. The highest BCUT2D eigenvalue weighted by Gasteiger charge is 2.33. The minimum Gasteiger partial charge on any atom is -0.360 e. The maximum absolute atomic E-state index is 12.5. The second-order valence-electron chi connectivity index (χ2n) is 3.96. The molecule has 0 radical (unpaired) electrons. The van der Waals surface area contributed by atoms with Crippen molar-refractivity contribution in [3.05, 3.63) is 23.4 Å². The van der Waals surface area contributed by atoms with E-state index >= 15 is 0 Å². The Morgan fingerprint density at radius 2 is 2.15 bits per heavy atom. The van der Waals surface area contributed by atoms with Crippen molar-refractivity contribution in [3.63, 3.8) is 0 Å². The number of pyridine rings is 1. The molecular formula is C12H13F3N4O. The highest BCUT2D eigenvalue weighted by molar-refractivity contribution is 5.80. The van der Waals surface area contributed by atoms with Crippen molar-refractivity contribution in [1.82, 2.24) is 9.88 Å². The van der Waals surface area contributed by atoms with Gasteiger partial charge in [-0.2, -0.15) is 18.4 Å². The fraction of sp³-hybridized carbons (Fsp3) is 0.417.